The number of carbonyl (C=O) groups is 2. The molecule has 2 amide bonds. The molecule has 6 nitrogen and oxygen atoms in total. The molecule has 3 heterocycles. The maximum atomic E-state index is 12.6. The molecule has 0 unspecified atom stereocenters. The Labute approximate surface area is 132 Å². The van der Waals surface area contributed by atoms with Crippen LogP contribution in [0.15, 0.2) is 24.5 Å². The fraction of sp³-hybridized carbons (Fsp3) is 0.400. The smallest absolute Gasteiger partial charge is 0.264 e. The summed E-state index contributed by atoms with van der Waals surface area (Å²) in [6, 6.07) is 3.44. The average molecular weight is 318 g/mol. The molecule has 1 atom stereocenters. The molecule has 0 spiro atoms. The number of carbonyl (C=O) groups excluding carboxylic acids is 2. The highest BCUT2D eigenvalue weighted by Crippen LogP contribution is 2.25. The fourth-order valence-electron chi connectivity index (χ4n) is 2.80. The number of rotatable bonds is 4. The number of hydrogen-bond donors (Lipinski definition) is 1. The second-order valence-electron chi connectivity index (χ2n) is 5.56. The van der Waals surface area contributed by atoms with Crippen molar-refractivity contribution in [1.29, 1.82) is 0 Å². The van der Waals surface area contributed by atoms with Crippen molar-refractivity contribution in [1.82, 2.24) is 14.7 Å². The molecule has 1 saturated heterocycles. The van der Waals surface area contributed by atoms with Crippen molar-refractivity contribution in [2.75, 3.05) is 6.54 Å². The molecule has 2 aromatic heterocycles. The van der Waals surface area contributed by atoms with Crippen molar-refractivity contribution in [2.24, 2.45) is 5.73 Å². The molecule has 2 aromatic rings. The van der Waals surface area contributed by atoms with E-state index >= 15 is 0 Å². The van der Waals surface area contributed by atoms with Gasteiger partial charge in [-0.15, -0.1) is 11.3 Å². The molecular weight excluding hydrogens is 300 g/mol. The summed E-state index contributed by atoms with van der Waals surface area (Å²) in [6.07, 6.45) is 5.76. The predicted molar refractivity (Wildman–Crippen MR) is 83.9 cm³/mol. The minimum Gasteiger partial charge on any atom is -0.365 e. The van der Waals surface area contributed by atoms with Gasteiger partial charge in [-0.05, 0) is 37.5 Å². The van der Waals surface area contributed by atoms with E-state index in [4.69, 9.17) is 5.73 Å². The van der Waals surface area contributed by atoms with Crippen molar-refractivity contribution in [3.63, 3.8) is 0 Å². The molecule has 1 aliphatic heterocycles. The van der Waals surface area contributed by atoms with Crippen LogP contribution in [0.3, 0.4) is 0 Å². The molecule has 1 fully saturated rings. The lowest BCUT2D eigenvalue weighted by Gasteiger charge is -2.24. The van der Waals surface area contributed by atoms with Crippen LogP contribution >= 0.6 is 11.3 Å². The highest BCUT2D eigenvalue weighted by atomic mass is 32.1. The number of nitrogens with two attached hydrogens (primary N) is 1. The van der Waals surface area contributed by atoms with Crippen LogP contribution in [0.1, 0.15) is 37.7 Å². The van der Waals surface area contributed by atoms with E-state index in [0.717, 1.165) is 36.3 Å². The first-order chi connectivity index (χ1) is 10.5. The SMILES string of the molecule is Cc1cnn(C[C@@H]2CCCN2C(=O)c2ccc(C(N)=O)s2)c1. The molecular formula is C15H18N4O2S. The molecule has 0 radical (unpaired) electrons. The number of aryl methyl sites for hydroxylation is 1. The topological polar surface area (TPSA) is 81.2 Å². The van der Waals surface area contributed by atoms with Gasteiger partial charge in [0.15, 0.2) is 0 Å². The summed E-state index contributed by atoms with van der Waals surface area (Å²) in [6.45, 7) is 3.44. The van der Waals surface area contributed by atoms with Crippen LogP contribution in [-0.4, -0.2) is 39.1 Å². The van der Waals surface area contributed by atoms with Crippen LogP contribution in [0.5, 0.6) is 0 Å². The van der Waals surface area contributed by atoms with Gasteiger partial charge in [-0.3, -0.25) is 14.3 Å². The van der Waals surface area contributed by atoms with E-state index in [0.29, 0.717) is 16.3 Å². The molecule has 116 valence electrons. The van der Waals surface area contributed by atoms with E-state index in [-0.39, 0.29) is 11.9 Å². The highest BCUT2D eigenvalue weighted by molar-refractivity contribution is 7.15. The highest BCUT2D eigenvalue weighted by Gasteiger charge is 2.30. The number of likely N-dealkylation sites (tertiary alicyclic amines) is 1. The Morgan fingerprint density at radius 2 is 2.18 bits per heavy atom. The summed E-state index contributed by atoms with van der Waals surface area (Å²) in [5, 5.41) is 4.29. The van der Waals surface area contributed by atoms with Crippen molar-refractivity contribution < 1.29 is 9.59 Å². The van der Waals surface area contributed by atoms with Crippen molar-refractivity contribution >= 4 is 23.2 Å². The number of amides is 2. The second kappa shape index (κ2) is 5.92. The van der Waals surface area contributed by atoms with Gasteiger partial charge in [0.1, 0.15) is 0 Å². The van der Waals surface area contributed by atoms with Gasteiger partial charge in [-0.2, -0.15) is 5.10 Å². The lowest BCUT2D eigenvalue weighted by molar-refractivity contribution is 0.0726. The molecule has 7 heteroatoms. The maximum Gasteiger partial charge on any atom is 0.264 e. The summed E-state index contributed by atoms with van der Waals surface area (Å²) in [5.41, 5.74) is 6.36. The minimum absolute atomic E-state index is 0.0242. The quantitative estimate of drug-likeness (QED) is 0.931. The summed E-state index contributed by atoms with van der Waals surface area (Å²) < 4.78 is 1.88. The zero-order valence-electron chi connectivity index (χ0n) is 12.4. The predicted octanol–water partition coefficient (Wildman–Crippen LogP) is 1.66. The van der Waals surface area contributed by atoms with Gasteiger partial charge in [-0.1, -0.05) is 0 Å². The van der Waals surface area contributed by atoms with E-state index in [2.05, 4.69) is 5.10 Å². The van der Waals surface area contributed by atoms with E-state index in [1.807, 2.05) is 28.9 Å². The van der Waals surface area contributed by atoms with E-state index in [1.54, 1.807) is 12.1 Å². The largest absolute Gasteiger partial charge is 0.365 e. The van der Waals surface area contributed by atoms with Crippen molar-refractivity contribution in [2.45, 2.75) is 32.4 Å². The standard InChI is InChI=1S/C15H18N4O2S/c1-10-7-17-18(8-10)9-11-3-2-6-19(11)15(21)13-5-4-12(22-13)14(16)20/h4-5,7-8,11H,2-3,6,9H2,1H3,(H2,16,20)/t11-/m0/s1. The average Bonchev–Trinajstić information content (AvgIpc) is 3.19. The number of aromatic nitrogens is 2. The third kappa shape index (κ3) is 2.89. The fourth-order valence-corrected chi connectivity index (χ4v) is 3.62. The van der Waals surface area contributed by atoms with Crippen LogP contribution < -0.4 is 5.73 Å². The van der Waals surface area contributed by atoms with Gasteiger partial charge in [0.25, 0.3) is 11.8 Å². The summed E-state index contributed by atoms with van der Waals surface area (Å²) in [7, 11) is 0. The normalized spacial score (nSPS) is 17.9. The van der Waals surface area contributed by atoms with Crippen LogP contribution in [0.2, 0.25) is 0 Å². The Hall–Kier alpha value is -2.15. The third-order valence-electron chi connectivity index (χ3n) is 3.86. The zero-order valence-corrected chi connectivity index (χ0v) is 13.2. The van der Waals surface area contributed by atoms with Gasteiger partial charge in [-0.25, -0.2) is 0 Å². The van der Waals surface area contributed by atoms with E-state index < -0.39 is 5.91 Å². The van der Waals surface area contributed by atoms with Crippen LogP contribution in [0.25, 0.3) is 0 Å². The van der Waals surface area contributed by atoms with Gasteiger partial charge < -0.3 is 10.6 Å². The summed E-state index contributed by atoms with van der Waals surface area (Å²) in [4.78, 5) is 26.7. The van der Waals surface area contributed by atoms with Gasteiger partial charge in [0.05, 0.1) is 28.5 Å². The molecule has 2 N–H and O–H groups in total. The third-order valence-corrected chi connectivity index (χ3v) is 4.95. The van der Waals surface area contributed by atoms with E-state index in [9.17, 15) is 9.59 Å². The number of thiophene rings is 1. The Morgan fingerprint density at radius 1 is 1.41 bits per heavy atom. The zero-order chi connectivity index (χ0) is 15.7. The van der Waals surface area contributed by atoms with Crippen LogP contribution in [0, 0.1) is 6.92 Å². The summed E-state index contributed by atoms with van der Waals surface area (Å²) >= 11 is 1.16. The monoisotopic (exact) mass is 318 g/mol. The Kier molecular flexibility index (Phi) is 3.98. The Bertz CT molecular complexity index is 706. The first-order valence-corrected chi connectivity index (χ1v) is 8.06. The lowest BCUT2D eigenvalue weighted by Crippen LogP contribution is -2.37. The Balaban J connectivity index is 1.74. The molecule has 1 aliphatic rings. The lowest BCUT2D eigenvalue weighted by atomic mass is 10.2. The van der Waals surface area contributed by atoms with E-state index in [1.165, 1.54) is 0 Å². The van der Waals surface area contributed by atoms with Crippen molar-refractivity contribution in [3.05, 3.63) is 39.8 Å². The maximum absolute atomic E-state index is 12.6. The molecule has 22 heavy (non-hydrogen) atoms. The van der Waals surface area contributed by atoms with Gasteiger partial charge >= 0.3 is 0 Å². The van der Waals surface area contributed by atoms with Crippen LogP contribution in [0.4, 0.5) is 0 Å². The molecule has 0 bridgehead atoms. The Morgan fingerprint density at radius 3 is 2.82 bits per heavy atom. The number of primary amides is 1. The molecule has 0 saturated carbocycles. The first-order valence-electron chi connectivity index (χ1n) is 7.24. The summed E-state index contributed by atoms with van der Waals surface area (Å²) in [5.74, 6) is -0.516. The molecule has 3 rings (SSSR count). The van der Waals surface area contributed by atoms with Crippen LogP contribution in [-0.2, 0) is 6.54 Å². The van der Waals surface area contributed by atoms with Gasteiger partial charge in [0.2, 0.25) is 0 Å². The minimum atomic E-state index is -0.492. The van der Waals surface area contributed by atoms with Crippen molar-refractivity contribution in [3.8, 4) is 0 Å². The number of nitrogens with zero attached hydrogens (tertiary/aromatic N) is 3. The number of hydrogen-bond acceptors (Lipinski definition) is 4. The second-order valence-corrected chi connectivity index (χ2v) is 6.65. The molecule has 0 aliphatic carbocycles. The molecule has 0 aromatic carbocycles. The van der Waals surface area contributed by atoms with Gasteiger partial charge in [0, 0.05) is 12.7 Å². The first kappa shape index (κ1) is 14.8.